The van der Waals surface area contributed by atoms with Gasteiger partial charge in [-0.05, 0) is 56.9 Å². The Labute approximate surface area is 196 Å². The van der Waals surface area contributed by atoms with Gasteiger partial charge in [0.2, 0.25) is 21.1 Å². The molecule has 1 amide bonds. The van der Waals surface area contributed by atoms with Crippen molar-refractivity contribution in [1.29, 1.82) is 0 Å². The molecule has 1 aromatic carbocycles. The topological polar surface area (TPSA) is 114 Å². The molecular formula is C20H27N5O4S3. The third-order valence-corrected chi connectivity index (χ3v) is 9.36. The maximum atomic E-state index is 12.6. The van der Waals surface area contributed by atoms with Crippen molar-refractivity contribution in [2.24, 2.45) is 0 Å². The van der Waals surface area contributed by atoms with Gasteiger partial charge >= 0.3 is 0 Å². The Kier molecular flexibility index (Phi) is 7.66. The first-order chi connectivity index (χ1) is 15.4. The molecule has 32 heavy (non-hydrogen) atoms. The number of carbonyl (C=O) groups is 1. The fraction of sp³-hybridized carbons (Fsp3) is 0.550. The Morgan fingerprint density at radius 2 is 2.00 bits per heavy atom. The molecule has 12 heteroatoms. The van der Waals surface area contributed by atoms with Crippen LogP contribution in [0.4, 0.5) is 10.8 Å². The van der Waals surface area contributed by atoms with Crippen molar-refractivity contribution < 1.29 is 17.9 Å². The molecule has 9 nitrogen and oxygen atoms in total. The molecular weight excluding hydrogens is 470 g/mol. The maximum Gasteiger partial charge on any atom is 0.243 e. The van der Waals surface area contributed by atoms with E-state index < -0.39 is 10.0 Å². The predicted octanol–water partition coefficient (Wildman–Crippen LogP) is 3.03. The van der Waals surface area contributed by atoms with E-state index >= 15 is 0 Å². The van der Waals surface area contributed by atoms with E-state index in [1.807, 2.05) is 0 Å². The lowest BCUT2D eigenvalue weighted by Gasteiger charge is -2.16. The molecule has 2 aliphatic rings. The van der Waals surface area contributed by atoms with Gasteiger partial charge in [-0.15, -0.1) is 10.2 Å². The molecule has 0 spiro atoms. The number of hydrogen-bond acceptors (Lipinski definition) is 9. The Morgan fingerprint density at radius 3 is 2.69 bits per heavy atom. The van der Waals surface area contributed by atoms with Crippen LogP contribution in [0, 0.1) is 0 Å². The molecule has 174 valence electrons. The van der Waals surface area contributed by atoms with Crippen LogP contribution in [0.2, 0.25) is 0 Å². The van der Waals surface area contributed by atoms with Gasteiger partial charge in [0.15, 0.2) is 4.34 Å². The van der Waals surface area contributed by atoms with Gasteiger partial charge in [-0.25, -0.2) is 8.42 Å². The van der Waals surface area contributed by atoms with Gasteiger partial charge < -0.3 is 15.4 Å². The summed E-state index contributed by atoms with van der Waals surface area (Å²) in [6, 6.07) is 6.32. The van der Waals surface area contributed by atoms with Crippen molar-refractivity contribution in [2.45, 2.75) is 53.2 Å². The van der Waals surface area contributed by atoms with Crippen LogP contribution >= 0.6 is 23.1 Å². The molecule has 0 unspecified atom stereocenters. The van der Waals surface area contributed by atoms with E-state index in [9.17, 15) is 13.2 Å². The number of anilines is 2. The molecule has 0 bridgehead atoms. The maximum absolute atomic E-state index is 12.6. The Morgan fingerprint density at radius 1 is 1.25 bits per heavy atom. The minimum Gasteiger partial charge on any atom is -0.376 e. The van der Waals surface area contributed by atoms with Crippen molar-refractivity contribution in [1.82, 2.24) is 14.5 Å². The van der Waals surface area contributed by atoms with Crippen LogP contribution in [0.15, 0.2) is 33.5 Å². The fourth-order valence-corrected chi connectivity index (χ4v) is 6.99. The van der Waals surface area contributed by atoms with E-state index in [4.69, 9.17) is 4.74 Å². The zero-order chi connectivity index (χ0) is 22.6. The minimum absolute atomic E-state index is 0.186. The predicted molar refractivity (Wildman–Crippen MR) is 126 cm³/mol. The van der Waals surface area contributed by atoms with Crippen molar-refractivity contribution in [2.75, 3.05) is 36.9 Å². The van der Waals surface area contributed by atoms with Gasteiger partial charge in [0.25, 0.3) is 0 Å². The summed E-state index contributed by atoms with van der Waals surface area (Å²) in [7, 11) is -3.46. The van der Waals surface area contributed by atoms with Crippen molar-refractivity contribution in [3.05, 3.63) is 24.3 Å². The van der Waals surface area contributed by atoms with Gasteiger partial charge in [-0.3, -0.25) is 4.79 Å². The van der Waals surface area contributed by atoms with Crippen LogP contribution in [0.1, 0.15) is 32.6 Å². The number of rotatable bonds is 9. The second-order valence-electron chi connectivity index (χ2n) is 7.77. The Balaban J connectivity index is 1.28. The largest absolute Gasteiger partial charge is 0.376 e. The third-order valence-electron chi connectivity index (χ3n) is 5.38. The van der Waals surface area contributed by atoms with Crippen molar-refractivity contribution in [3.8, 4) is 0 Å². The van der Waals surface area contributed by atoms with Crippen LogP contribution in [-0.2, 0) is 19.6 Å². The molecule has 4 rings (SSSR count). The first-order valence-corrected chi connectivity index (χ1v) is 13.8. The molecule has 0 radical (unpaired) electrons. The average Bonchev–Trinajstić information content (AvgIpc) is 3.55. The number of ether oxygens (including phenoxy) is 1. The number of aromatic nitrogens is 2. The number of nitrogens with one attached hydrogen (secondary N) is 2. The minimum atomic E-state index is -3.46. The van der Waals surface area contributed by atoms with Crippen molar-refractivity contribution in [3.63, 3.8) is 0 Å². The van der Waals surface area contributed by atoms with Crippen LogP contribution in [0.5, 0.6) is 0 Å². The second-order valence-corrected chi connectivity index (χ2v) is 12.3. The Bertz CT molecular complexity index is 1020. The van der Waals surface area contributed by atoms with E-state index in [0.717, 1.165) is 32.3 Å². The highest BCUT2D eigenvalue weighted by atomic mass is 32.2. The number of amides is 1. The summed E-state index contributed by atoms with van der Waals surface area (Å²) < 4.78 is 33.0. The number of nitrogens with zero attached hydrogens (tertiary/aromatic N) is 3. The SMILES string of the molecule is C[C@H](Sc1nnc(NC[C@@H]2CCCO2)s1)C(=O)Nc1ccc(S(=O)(=O)N2CCCC2)cc1. The van der Waals surface area contributed by atoms with Crippen LogP contribution in [0.25, 0.3) is 0 Å². The highest BCUT2D eigenvalue weighted by molar-refractivity contribution is 8.02. The van der Waals surface area contributed by atoms with E-state index in [-0.39, 0.29) is 22.2 Å². The van der Waals surface area contributed by atoms with E-state index in [2.05, 4.69) is 20.8 Å². The van der Waals surface area contributed by atoms with Gasteiger partial charge in [0.05, 0.1) is 16.2 Å². The van der Waals surface area contributed by atoms with Gasteiger partial charge in [0, 0.05) is 31.9 Å². The smallest absolute Gasteiger partial charge is 0.243 e. The molecule has 2 aromatic rings. The van der Waals surface area contributed by atoms with Crippen molar-refractivity contribution >= 4 is 49.8 Å². The highest BCUT2D eigenvalue weighted by Gasteiger charge is 2.27. The van der Waals surface area contributed by atoms with Crippen LogP contribution in [-0.4, -0.2) is 66.4 Å². The number of sulfonamides is 1. The summed E-state index contributed by atoms with van der Waals surface area (Å²) in [5.74, 6) is -0.186. The summed E-state index contributed by atoms with van der Waals surface area (Å²) in [5, 5.41) is 14.7. The van der Waals surface area contributed by atoms with Crippen LogP contribution < -0.4 is 10.6 Å². The molecule has 0 saturated carbocycles. The Hall–Kier alpha value is -1.73. The van der Waals surface area contributed by atoms with E-state index in [0.29, 0.717) is 34.8 Å². The number of thioether (sulfide) groups is 1. The summed E-state index contributed by atoms with van der Waals surface area (Å²) in [6.45, 7) is 4.44. The zero-order valence-corrected chi connectivity index (χ0v) is 20.3. The van der Waals surface area contributed by atoms with E-state index in [1.54, 1.807) is 19.1 Å². The van der Waals surface area contributed by atoms with Gasteiger partial charge in [-0.2, -0.15) is 4.31 Å². The standard InChI is InChI=1S/C20H27N5O4S3/c1-14(30-20-24-23-19(31-20)21-13-16-5-4-12-29-16)18(26)22-15-6-8-17(9-7-15)32(27,28)25-10-2-3-11-25/h6-9,14,16H,2-5,10-13H2,1H3,(H,21,23)(H,22,26)/t14-,16-/m0/s1. The zero-order valence-electron chi connectivity index (χ0n) is 17.8. The monoisotopic (exact) mass is 497 g/mol. The highest BCUT2D eigenvalue weighted by Crippen LogP contribution is 2.30. The lowest BCUT2D eigenvalue weighted by molar-refractivity contribution is -0.115. The van der Waals surface area contributed by atoms with Gasteiger partial charge in [0.1, 0.15) is 0 Å². The molecule has 2 N–H and O–H groups in total. The lowest BCUT2D eigenvalue weighted by Crippen LogP contribution is -2.27. The number of hydrogen-bond donors (Lipinski definition) is 2. The molecule has 3 heterocycles. The molecule has 2 fully saturated rings. The van der Waals surface area contributed by atoms with Gasteiger partial charge in [-0.1, -0.05) is 23.1 Å². The third kappa shape index (κ3) is 5.79. The normalized spacial score (nSPS) is 20.3. The first kappa shape index (κ1) is 23.4. The summed E-state index contributed by atoms with van der Waals surface area (Å²) >= 11 is 2.74. The molecule has 2 atom stereocenters. The average molecular weight is 498 g/mol. The fourth-order valence-electron chi connectivity index (χ4n) is 3.57. The summed E-state index contributed by atoms with van der Waals surface area (Å²) in [5.41, 5.74) is 0.555. The lowest BCUT2D eigenvalue weighted by atomic mass is 10.2. The molecule has 0 aliphatic carbocycles. The molecule has 2 saturated heterocycles. The quantitative estimate of drug-likeness (QED) is 0.508. The summed E-state index contributed by atoms with van der Waals surface area (Å²) in [4.78, 5) is 12.8. The van der Waals surface area contributed by atoms with Crippen LogP contribution in [0.3, 0.4) is 0 Å². The molecule has 1 aromatic heterocycles. The first-order valence-electron chi connectivity index (χ1n) is 10.7. The van der Waals surface area contributed by atoms with E-state index in [1.165, 1.54) is 39.5 Å². The molecule has 2 aliphatic heterocycles. The number of benzene rings is 1. The second kappa shape index (κ2) is 10.5. The number of carbonyl (C=O) groups excluding carboxylic acids is 1. The summed E-state index contributed by atoms with van der Waals surface area (Å²) in [6.07, 6.45) is 4.15.